The molecule has 1 aromatic heterocycles. The van der Waals surface area contributed by atoms with E-state index in [0.29, 0.717) is 11.9 Å². The highest BCUT2D eigenvalue weighted by Crippen LogP contribution is 2.27. The number of halogens is 3. The molecule has 0 saturated carbocycles. The lowest BCUT2D eigenvalue weighted by atomic mass is 10.3. The third-order valence-electron chi connectivity index (χ3n) is 2.39. The van der Waals surface area contributed by atoms with Gasteiger partial charge < -0.3 is 10.6 Å². The lowest BCUT2D eigenvalue weighted by Crippen LogP contribution is -2.15. The van der Waals surface area contributed by atoms with Crippen LogP contribution in [-0.4, -0.2) is 22.9 Å². The predicted octanol–water partition coefficient (Wildman–Crippen LogP) is 2.81. The minimum atomic E-state index is -0.884. The first-order valence-electron chi connectivity index (χ1n) is 5.47. The molecule has 0 radical (unpaired) electrons. The molecule has 0 atom stereocenters. The van der Waals surface area contributed by atoms with Gasteiger partial charge in [0, 0.05) is 17.6 Å². The average molecular weight is 343 g/mol. The molecule has 0 aliphatic rings. The maximum atomic E-state index is 13.6. The first-order chi connectivity index (χ1) is 9.51. The van der Waals surface area contributed by atoms with Crippen LogP contribution in [0.2, 0.25) is 0 Å². The van der Waals surface area contributed by atoms with Gasteiger partial charge in [0.25, 0.3) is 5.91 Å². The van der Waals surface area contributed by atoms with Crippen molar-refractivity contribution in [3.8, 4) is 0 Å². The molecule has 5 nitrogen and oxygen atoms in total. The van der Waals surface area contributed by atoms with Crippen molar-refractivity contribution in [2.24, 2.45) is 0 Å². The fraction of sp³-hybridized carbons (Fsp3) is 0.0833. The van der Waals surface area contributed by atoms with Crippen LogP contribution in [0.3, 0.4) is 0 Å². The lowest BCUT2D eigenvalue weighted by molar-refractivity contribution is 0.102. The number of amides is 1. The molecule has 1 amide bonds. The third-order valence-corrected chi connectivity index (χ3v) is 3.01. The van der Waals surface area contributed by atoms with Crippen LogP contribution in [0.1, 0.15) is 10.5 Å². The summed E-state index contributed by atoms with van der Waals surface area (Å²) in [5, 5.41) is 5.06. The summed E-state index contributed by atoms with van der Waals surface area (Å²) in [7, 11) is 1.66. The molecule has 0 saturated heterocycles. The van der Waals surface area contributed by atoms with Crippen LogP contribution in [0, 0.1) is 11.6 Å². The van der Waals surface area contributed by atoms with Gasteiger partial charge in [-0.1, -0.05) is 0 Å². The Morgan fingerprint density at radius 2 is 2.00 bits per heavy atom. The Bertz CT molecular complexity index is 625. The topological polar surface area (TPSA) is 66.9 Å². The number of hydrogen-bond donors (Lipinski definition) is 2. The van der Waals surface area contributed by atoms with Crippen LogP contribution in [-0.2, 0) is 0 Å². The van der Waals surface area contributed by atoms with Gasteiger partial charge in [-0.05, 0) is 22.0 Å². The number of carbonyl (C=O) groups is 1. The Morgan fingerprint density at radius 1 is 1.25 bits per heavy atom. The summed E-state index contributed by atoms with van der Waals surface area (Å²) in [4.78, 5) is 19.7. The fourth-order valence-corrected chi connectivity index (χ4v) is 1.92. The fourth-order valence-electron chi connectivity index (χ4n) is 1.41. The third kappa shape index (κ3) is 3.08. The van der Waals surface area contributed by atoms with Crippen molar-refractivity contribution in [1.82, 2.24) is 9.97 Å². The highest BCUT2D eigenvalue weighted by atomic mass is 79.9. The Balaban J connectivity index is 2.23. The molecule has 1 heterocycles. The van der Waals surface area contributed by atoms with Crippen molar-refractivity contribution in [1.29, 1.82) is 0 Å². The average Bonchev–Trinajstić information content (AvgIpc) is 2.42. The monoisotopic (exact) mass is 342 g/mol. The first kappa shape index (κ1) is 14.3. The predicted molar refractivity (Wildman–Crippen MR) is 73.6 cm³/mol. The van der Waals surface area contributed by atoms with Gasteiger partial charge in [-0.3, -0.25) is 4.79 Å². The van der Waals surface area contributed by atoms with E-state index in [4.69, 9.17) is 0 Å². The van der Waals surface area contributed by atoms with E-state index in [1.54, 1.807) is 7.05 Å². The number of nitrogens with one attached hydrogen (secondary N) is 2. The number of nitrogens with zero attached hydrogens (tertiary/aromatic N) is 2. The van der Waals surface area contributed by atoms with E-state index in [9.17, 15) is 13.6 Å². The second kappa shape index (κ2) is 5.91. The van der Waals surface area contributed by atoms with Gasteiger partial charge >= 0.3 is 0 Å². The number of aromatic nitrogens is 2. The van der Waals surface area contributed by atoms with Gasteiger partial charge in [-0.25, -0.2) is 18.7 Å². The van der Waals surface area contributed by atoms with Crippen molar-refractivity contribution < 1.29 is 13.6 Å². The second-order valence-corrected chi connectivity index (χ2v) is 4.59. The SMILES string of the molecule is CNc1cnc(C(=O)Nc2c(F)cc(F)cc2Br)cn1. The zero-order valence-corrected chi connectivity index (χ0v) is 11.8. The number of anilines is 2. The standard InChI is InChI=1S/C12H9BrF2N4O/c1-16-10-5-17-9(4-18-10)12(20)19-11-7(13)2-6(14)3-8(11)15/h2-5H,1H3,(H,16,18)(H,19,20). The molecular weight excluding hydrogens is 334 g/mol. The Morgan fingerprint density at radius 3 is 2.55 bits per heavy atom. The van der Waals surface area contributed by atoms with Gasteiger partial charge in [0.05, 0.1) is 18.1 Å². The summed E-state index contributed by atoms with van der Waals surface area (Å²) >= 11 is 2.98. The molecule has 2 aromatic rings. The van der Waals surface area contributed by atoms with Gasteiger partial charge in [0.2, 0.25) is 0 Å². The zero-order chi connectivity index (χ0) is 14.7. The van der Waals surface area contributed by atoms with E-state index >= 15 is 0 Å². The molecule has 0 aliphatic heterocycles. The van der Waals surface area contributed by atoms with E-state index in [0.717, 1.165) is 6.07 Å². The molecule has 0 spiro atoms. The van der Waals surface area contributed by atoms with Gasteiger partial charge in [0.15, 0.2) is 5.82 Å². The smallest absolute Gasteiger partial charge is 0.275 e. The number of carbonyl (C=O) groups excluding carboxylic acids is 1. The molecule has 1 aromatic carbocycles. The largest absolute Gasteiger partial charge is 0.372 e. The molecule has 2 N–H and O–H groups in total. The highest BCUT2D eigenvalue weighted by molar-refractivity contribution is 9.10. The minimum Gasteiger partial charge on any atom is -0.372 e. The number of benzene rings is 1. The molecule has 8 heteroatoms. The number of hydrogen-bond acceptors (Lipinski definition) is 4. The van der Waals surface area contributed by atoms with Crippen LogP contribution in [0.25, 0.3) is 0 Å². The molecular formula is C12H9BrF2N4O. The van der Waals surface area contributed by atoms with Crippen LogP contribution >= 0.6 is 15.9 Å². The minimum absolute atomic E-state index is 0.0135. The Kier molecular flexibility index (Phi) is 4.23. The summed E-state index contributed by atoms with van der Waals surface area (Å²) in [5.74, 6) is -1.78. The van der Waals surface area contributed by atoms with Crippen molar-refractivity contribution in [3.63, 3.8) is 0 Å². The summed E-state index contributed by atoms with van der Waals surface area (Å²) in [5.41, 5.74) is -0.143. The van der Waals surface area contributed by atoms with Gasteiger partial charge in [0.1, 0.15) is 17.3 Å². The molecule has 104 valence electrons. The van der Waals surface area contributed by atoms with Crippen molar-refractivity contribution in [2.75, 3.05) is 17.7 Å². The second-order valence-electron chi connectivity index (χ2n) is 3.74. The van der Waals surface area contributed by atoms with Crippen molar-refractivity contribution in [3.05, 3.63) is 46.3 Å². The van der Waals surface area contributed by atoms with Crippen LogP contribution in [0.5, 0.6) is 0 Å². The molecule has 0 aliphatic carbocycles. The Labute approximate surface area is 121 Å². The van der Waals surface area contributed by atoms with E-state index in [-0.39, 0.29) is 15.9 Å². The molecule has 2 rings (SSSR count). The first-order valence-corrected chi connectivity index (χ1v) is 6.26. The molecule has 0 unspecified atom stereocenters. The summed E-state index contributed by atoms with van der Waals surface area (Å²) in [6.07, 6.45) is 2.61. The summed E-state index contributed by atoms with van der Waals surface area (Å²) in [6, 6.07) is 1.73. The normalized spacial score (nSPS) is 10.2. The van der Waals surface area contributed by atoms with Crippen LogP contribution < -0.4 is 10.6 Å². The van der Waals surface area contributed by atoms with Gasteiger partial charge in [-0.2, -0.15) is 0 Å². The van der Waals surface area contributed by atoms with E-state index in [2.05, 4.69) is 36.5 Å². The zero-order valence-electron chi connectivity index (χ0n) is 10.2. The lowest BCUT2D eigenvalue weighted by Gasteiger charge is -2.08. The van der Waals surface area contributed by atoms with E-state index < -0.39 is 17.5 Å². The Hall–Kier alpha value is -2.09. The van der Waals surface area contributed by atoms with E-state index in [1.807, 2.05) is 0 Å². The number of rotatable bonds is 3. The quantitative estimate of drug-likeness (QED) is 0.899. The molecule has 20 heavy (non-hydrogen) atoms. The van der Waals surface area contributed by atoms with E-state index in [1.165, 1.54) is 12.4 Å². The van der Waals surface area contributed by atoms with Crippen LogP contribution in [0.15, 0.2) is 29.0 Å². The summed E-state index contributed by atoms with van der Waals surface area (Å²) < 4.78 is 26.6. The maximum absolute atomic E-state index is 13.6. The van der Waals surface area contributed by atoms with Crippen LogP contribution in [0.4, 0.5) is 20.3 Å². The maximum Gasteiger partial charge on any atom is 0.275 e. The molecule has 0 bridgehead atoms. The summed E-state index contributed by atoms with van der Waals surface area (Å²) in [6.45, 7) is 0. The van der Waals surface area contributed by atoms with Crippen molar-refractivity contribution in [2.45, 2.75) is 0 Å². The van der Waals surface area contributed by atoms with Crippen molar-refractivity contribution >= 4 is 33.3 Å². The highest BCUT2D eigenvalue weighted by Gasteiger charge is 2.15. The molecule has 0 fully saturated rings. The van der Waals surface area contributed by atoms with Gasteiger partial charge in [-0.15, -0.1) is 0 Å².